The van der Waals surface area contributed by atoms with Crippen LogP contribution in [0.1, 0.15) is 45.1 Å². The van der Waals surface area contributed by atoms with Crippen LogP contribution in [0.15, 0.2) is 18.2 Å². The molecule has 0 unspecified atom stereocenters. The van der Waals surface area contributed by atoms with Crippen LogP contribution in [0.4, 0.5) is 4.39 Å². The van der Waals surface area contributed by atoms with Crippen molar-refractivity contribution in [1.29, 1.82) is 0 Å². The summed E-state index contributed by atoms with van der Waals surface area (Å²) in [6, 6.07) is 4.73. The molecule has 0 aromatic heterocycles. The molecular formula is C21H31FN2O2. The second-order valence-corrected chi connectivity index (χ2v) is 8.28. The van der Waals surface area contributed by atoms with Gasteiger partial charge in [0.1, 0.15) is 11.6 Å². The lowest BCUT2D eigenvalue weighted by Crippen LogP contribution is -2.49. The van der Waals surface area contributed by atoms with Crippen molar-refractivity contribution in [2.24, 2.45) is 11.3 Å². The second-order valence-electron chi connectivity index (χ2n) is 8.28. The van der Waals surface area contributed by atoms with Crippen LogP contribution in [0.25, 0.3) is 0 Å². The highest BCUT2D eigenvalue weighted by Crippen LogP contribution is 2.40. The van der Waals surface area contributed by atoms with E-state index in [1.165, 1.54) is 12.5 Å². The summed E-state index contributed by atoms with van der Waals surface area (Å²) in [5.74, 6) is 1.24. The topological polar surface area (TPSA) is 32.8 Å². The quantitative estimate of drug-likeness (QED) is 0.774. The summed E-state index contributed by atoms with van der Waals surface area (Å²) in [5.41, 5.74) is 0.273. The summed E-state index contributed by atoms with van der Waals surface area (Å²) in [7, 11) is 1.57. The highest BCUT2D eigenvalue weighted by Gasteiger charge is 2.48. The van der Waals surface area contributed by atoms with Gasteiger partial charge in [-0.05, 0) is 62.9 Å². The fourth-order valence-electron chi connectivity index (χ4n) is 4.28. The number of hydrogen-bond donors (Lipinski definition) is 0. The first kappa shape index (κ1) is 19.2. The predicted molar refractivity (Wildman–Crippen MR) is 101 cm³/mol. The molecule has 0 aliphatic carbocycles. The third-order valence-corrected chi connectivity index (χ3v) is 5.89. The molecule has 0 N–H and O–H groups in total. The van der Waals surface area contributed by atoms with Crippen molar-refractivity contribution in [2.75, 3.05) is 33.3 Å². The van der Waals surface area contributed by atoms with E-state index in [2.05, 4.69) is 18.7 Å². The van der Waals surface area contributed by atoms with Gasteiger partial charge in [0.25, 0.3) is 0 Å². The first-order chi connectivity index (χ1) is 12.4. The minimum atomic E-state index is -0.275. The van der Waals surface area contributed by atoms with Crippen molar-refractivity contribution in [3.8, 4) is 5.75 Å². The number of carbonyl (C=O) groups is 1. The van der Waals surface area contributed by atoms with Gasteiger partial charge in [-0.1, -0.05) is 13.8 Å². The maximum Gasteiger partial charge on any atom is 0.230 e. The molecule has 1 amide bonds. The van der Waals surface area contributed by atoms with Gasteiger partial charge < -0.3 is 14.5 Å². The zero-order valence-corrected chi connectivity index (χ0v) is 16.3. The Hall–Kier alpha value is -1.62. The Bertz CT molecular complexity index is 649. The molecule has 2 saturated heterocycles. The molecule has 3 rings (SSSR count). The molecule has 0 radical (unpaired) electrons. The molecule has 2 aliphatic heterocycles. The van der Waals surface area contributed by atoms with E-state index in [1.807, 2.05) is 4.90 Å². The first-order valence-corrected chi connectivity index (χ1v) is 9.78. The number of rotatable bonds is 6. The van der Waals surface area contributed by atoms with Crippen molar-refractivity contribution >= 4 is 5.91 Å². The zero-order chi connectivity index (χ0) is 18.7. The number of amides is 1. The van der Waals surface area contributed by atoms with Crippen LogP contribution in [-0.2, 0) is 11.3 Å². The van der Waals surface area contributed by atoms with E-state index in [-0.39, 0.29) is 17.1 Å². The van der Waals surface area contributed by atoms with Crippen molar-refractivity contribution in [1.82, 2.24) is 9.80 Å². The summed E-state index contributed by atoms with van der Waals surface area (Å²) >= 11 is 0. The Kier molecular flexibility index (Phi) is 5.86. The maximum atomic E-state index is 14.2. The molecule has 2 aliphatic rings. The van der Waals surface area contributed by atoms with Crippen LogP contribution in [-0.4, -0.2) is 49.0 Å². The maximum absolute atomic E-state index is 14.2. The summed E-state index contributed by atoms with van der Waals surface area (Å²) in [5, 5.41) is 0. The van der Waals surface area contributed by atoms with E-state index >= 15 is 0 Å². The van der Waals surface area contributed by atoms with E-state index in [4.69, 9.17) is 4.74 Å². The van der Waals surface area contributed by atoms with E-state index in [0.29, 0.717) is 30.3 Å². The number of carbonyl (C=O) groups excluding carboxylic acids is 1. The fourth-order valence-corrected chi connectivity index (χ4v) is 4.28. The van der Waals surface area contributed by atoms with Crippen LogP contribution in [0.5, 0.6) is 5.75 Å². The molecule has 4 nitrogen and oxygen atoms in total. The number of hydrogen-bond acceptors (Lipinski definition) is 3. The van der Waals surface area contributed by atoms with Gasteiger partial charge in [0, 0.05) is 25.2 Å². The Balaban J connectivity index is 1.69. The molecule has 0 saturated carbocycles. The minimum absolute atomic E-state index is 0.206. The zero-order valence-electron chi connectivity index (χ0n) is 16.3. The monoisotopic (exact) mass is 362 g/mol. The lowest BCUT2D eigenvalue weighted by atomic mass is 9.78. The minimum Gasteiger partial charge on any atom is -0.497 e. The van der Waals surface area contributed by atoms with Gasteiger partial charge in [0.05, 0.1) is 12.5 Å². The number of ether oxygens (including phenoxy) is 1. The lowest BCUT2D eigenvalue weighted by molar-refractivity contribution is -0.146. The molecule has 1 atom stereocenters. The van der Waals surface area contributed by atoms with Crippen LogP contribution in [0, 0.1) is 17.2 Å². The molecule has 1 spiro atoms. The summed E-state index contributed by atoms with van der Waals surface area (Å²) in [6.07, 6.45) is 4.06. The van der Waals surface area contributed by atoms with E-state index in [1.54, 1.807) is 19.2 Å². The Labute approximate surface area is 156 Å². The van der Waals surface area contributed by atoms with Gasteiger partial charge >= 0.3 is 0 Å². The average Bonchev–Trinajstić information content (AvgIpc) is 3.03. The number of halogens is 1. The number of methoxy groups -OCH3 is 1. The SMILES string of the molecule is COc1ccc(F)c(CN2CCC[C@@]3(CCN(CCC(C)C)C3)C2=O)c1. The van der Waals surface area contributed by atoms with Crippen LogP contribution in [0.2, 0.25) is 0 Å². The first-order valence-electron chi connectivity index (χ1n) is 9.78. The predicted octanol–water partition coefficient (Wildman–Crippen LogP) is 3.69. The molecule has 2 fully saturated rings. The molecule has 144 valence electrons. The molecule has 0 bridgehead atoms. The molecule has 2 heterocycles. The van der Waals surface area contributed by atoms with Gasteiger partial charge in [-0.3, -0.25) is 4.79 Å². The molecule has 1 aromatic carbocycles. The largest absolute Gasteiger partial charge is 0.497 e. The highest BCUT2D eigenvalue weighted by atomic mass is 19.1. The van der Waals surface area contributed by atoms with Crippen LogP contribution in [0.3, 0.4) is 0 Å². The standard InChI is InChI=1S/C21H31FN2O2/c1-16(2)7-11-23-12-9-21(15-23)8-4-10-24(20(21)25)14-17-13-18(26-3)5-6-19(17)22/h5-6,13,16H,4,7-12,14-15H2,1-3H3/t21-/m0/s1. The van der Waals surface area contributed by atoms with Gasteiger partial charge in [0.15, 0.2) is 0 Å². The Morgan fingerprint density at radius 1 is 1.27 bits per heavy atom. The number of benzene rings is 1. The van der Waals surface area contributed by atoms with Gasteiger partial charge in [0.2, 0.25) is 5.91 Å². The molecule has 26 heavy (non-hydrogen) atoms. The molecule has 1 aromatic rings. The summed E-state index contributed by atoms with van der Waals surface area (Å²) < 4.78 is 19.4. The fraction of sp³-hybridized carbons (Fsp3) is 0.667. The van der Waals surface area contributed by atoms with E-state index in [0.717, 1.165) is 38.9 Å². The highest BCUT2D eigenvalue weighted by molar-refractivity contribution is 5.84. The van der Waals surface area contributed by atoms with Crippen molar-refractivity contribution < 1.29 is 13.9 Å². The van der Waals surface area contributed by atoms with Crippen LogP contribution >= 0.6 is 0 Å². The lowest BCUT2D eigenvalue weighted by Gasteiger charge is -2.39. The van der Waals surface area contributed by atoms with Crippen molar-refractivity contribution in [3.05, 3.63) is 29.6 Å². The van der Waals surface area contributed by atoms with Crippen molar-refractivity contribution in [3.63, 3.8) is 0 Å². The number of likely N-dealkylation sites (tertiary alicyclic amines) is 2. The third-order valence-electron chi connectivity index (χ3n) is 5.89. The summed E-state index contributed by atoms with van der Waals surface area (Å²) in [4.78, 5) is 17.5. The van der Waals surface area contributed by atoms with Crippen LogP contribution < -0.4 is 4.74 Å². The van der Waals surface area contributed by atoms with Gasteiger partial charge in [-0.15, -0.1) is 0 Å². The van der Waals surface area contributed by atoms with Gasteiger partial charge in [-0.2, -0.15) is 0 Å². The average molecular weight is 362 g/mol. The Morgan fingerprint density at radius 3 is 2.81 bits per heavy atom. The van der Waals surface area contributed by atoms with E-state index in [9.17, 15) is 9.18 Å². The Morgan fingerprint density at radius 2 is 2.08 bits per heavy atom. The normalized spacial score (nSPS) is 24.0. The number of nitrogens with zero attached hydrogens (tertiary/aromatic N) is 2. The summed E-state index contributed by atoms with van der Waals surface area (Å²) in [6.45, 7) is 8.44. The smallest absolute Gasteiger partial charge is 0.230 e. The number of piperidine rings is 1. The third kappa shape index (κ3) is 4.03. The molecule has 5 heteroatoms. The molecular weight excluding hydrogens is 331 g/mol. The van der Waals surface area contributed by atoms with Crippen molar-refractivity contribution in [2.45, 2.75) is 46.1 Å². The van der Waals surface area contributed by atoms with Gasteiger partial charge in [-0.25, -0.2) is 4.39 Å². The van der Waals surface area contributed by atoms with E-state index < -0.39 is 0 Å². The second kappa shape index (κ2) is 7.95.